The summed E-state index contributed by atoms with van der Waals surface area (Å²) in [7, 11) is -2.80. The Morgan fingerprint density at radius 3 is 2.53 bits per heavy atom. The molecule has 17 heavy (non-hydrogen) atoms. The summed E-state index contributed by atoms with van der Waals surface area (Å²) in [6.45, 7) is 0. The summed E-state index contributed by atoms with van der Waals surface area (Å²) in [5, 5.41) is -0.0542. The Balaban J connectivity index is 1.76. The predicted molar refractivity (Wildman–Crippen MR) is 68.7 cm³/mol. The van der Waals surface area contributed by atoms with Crippen LogP contribution in [0.1, 0.15) is 37.2 Å². The zero-order valence-corrected chi connectivity index (χ0v) is 10.7. The van der Waals surface area contributed by atoms with Crippen LogP contribution in [0.15, 0.2) is 30.3 Å². The van der Waals surface area contributed by atoms with Gasteiger partial charge in [0, 0.05) is 0 Å². The van der Waals surface area contributed by atoms with E-state index in [2.05, 4.69) is 12.1 Å². The molecule has 1 aliphatic heterocycles. The number of rotatable bonds is 2. The van der Waals surface area contributed by atoms with Crippen molar-refractivity contribution in [3.05, 3.63) is 35.9 Å². The summed E-state index contributed by atoms with van der Waals surface area (Å²) >= 11 is 0. The van der Waals surface area contributed by atoms with E-state index in [1.165, 1.54) is 5.56 Å². The van der Waals surface area contributed by atoms with Crippen LogP contribution in [0.4, 0.5) is 0 Å². The average molecular weight is 250 g/mol. The first kappa shape index (κ1) is 11.3. The Bertz CT molecular complexity index is 492. The molecule has 1 unspecified atom stereocenters. The molecule has 2 nitrogen and oxygen atoms in total. The minimum Gasteiger partial charge on any atom is -0.229 e. The Morgan fingerprint density at radius 1 is 1.06 bits per heavy atom. The van der Waals surface area contributed by atoms with Gasteiger partial charge in [0.1, 0.15) is 0 Å². The molecule has 0 bridgehead atoms. The van der Waals surface area contributed by atoms with Crippen LogP contribution in [-0.4, -0.2) is 19.4 Å². The second kappa shape index (κ2) is 4.13. The zero-order chi connectivity index (χ0) is 11.9. The van der Waals surface area contributed by atoms with E-state index in [0.29, 0.717) is 17.6 Å². The third kappa shape index (κ3) is 2.13. The number of hydrogen-bond acceptors (Lipinski definition) is 2. The molecule has 2 fully saturated rings. The summed E-state index contributed by atoms with van der Waals surface area (Å²) < 4.78 is 24.1. The lowest BCUT2D eigenvalue weighted by Crippen LogP contribution is -2.30. The van der Waals surface area contributed by atoms with E-state index in [9.17, 15) is 8.42 Å². The third-order valence-electron chi connectivity index (χ3n) is 4.17. The van der Waals surface area contributed by atoms with Crippen molar-refractivity contribution in [1.82, 2.24) is 0 Å². The highest BCUT2D eigenvalue weighted by atomic mass is 32.2. The van der Waals surface area contributed by atoms with Gasteiger partial charge in [0.2, 0.25) is 0 Å². The molecule has 1 heterocycles. The van der Waals surface area contributed by atoms with Crippen LogP contribution in [-0.2, 0) is 9.84 Å². The molecule has 1 saturated heterocycles. The molecule has 2 aliphatic rings. The summed E-state index contributed by atoms with van der Waals surface area (Å²) in [6, 6.07) is 10.3. The molecule has 0 radical (unpaired) electrons. The largest absolute Gasteiger partial charge is 0.229 e. The average Bonchev–Trinajstić information content (AvgIpc) is 3.09. The van der Waals surface area contributed by atoms with E-state index in [1.54, 1.807) is 0 Å². The molecule has 0 aromatic heterocycles. The van der Waals surface area contributed by atoms with Gasteiger partial charge in [-0.25, -0.2) is 8.42 Å². The lowest BCUT2D eigenvalue weighted by molar-refractivity contribution is 0.516. The van der Waals surface area contributed by atoms with Crippen LogP contribution < -0.4 is 0 Å². The highest BCUT2D eigenvalue weighted by molar-refractivity contribution is 7.92. The maximum atomic E-state index is 12.0. The molecule has 0 amide bonds. The first-order valence-electron chi connectivity index (χ1n) is 6.45. The number of sulfone groups is 1. The van der Waals surface area contributed by atoms with Crippen LogP contribution in [0, 0.1) is 5.92 Å². The minimum atomic E-state index is -2.80. The first-order valence-corrected chi connectivity index (χ1v) is 8.16. The van der Waals surface area contributed by atoms with Crippen molar-refractivity contribution in [2.75, 3.05) is 5.75 Å². The Kier molecular flexibility index (Phi) is 2.74. The molecular weight excluding hydrogens is 232 g/mol. The topological polar surface area (TPSA) is 34.1 Å². The van der Waals surface area contributed by atoms with Gasteiger partial charge in [0.15, 0.2) is 9.84 Å². The zero-order valence-electron chi connectivity index (χ0n) is 9.88. The summed E-state index contributed by atoms with van der Waals surface area (Å²) in [6.07, 6.45) is 3.90. The van der Waals surface area contributed by atoms with Gasteiger partial charge in [0.25, 0.3) is 0 Å². The van der Waals surface area contributed by atoms with Crippen molar-refractivity contribution >= 4 is 9.84 Å². The molecule has 1 aromatic rings. The van der Waals surface area contributed by atoms with Gasteiger partial charge in [0.05, 0.1) is 11.0 Å². The van der Waals surface area contributed by atoms with Crippen LogP contribution in [0.5, 0.6) is 0 Å². The second-order valence-corrected chi connectivity index (χ2v) is 7.66. The van der Waals surface area contributed by atoms with E-state index in [-0.39, 0.29) is 5.25 Å². The van der Waals surface area contributed by atoms with E-state index >= 15 is 0 Å². The second-order valence-electron chi connectivity index (χ2n) is 5.32. The predicted octanol–water partition coefficient (Wildman–Crippen LogP) is 2.76. The molecule has 3 heteroatoms. The van der Waals surface area contributed by atoms with Crippen molar-refractivity contribution in [1.29, 1.82) is 0 Å². The Morgan fingerprint density at radius 2 is 1.82 bits per heavy atom. The molecule has 1 saturated carbocycles. The molecule has 92 valence electrons. The molecule has 0 spiro atoms. The van der Waals surface area contributed by atoms with Gasteiger partial charge >= 0.3 is 0 Å². The van der Waals surface area contributed by atoms with Crippen LogP contribution >= 0.6 is 0 Å². The quantitative estimate of drug-likeness (QED) is 0.809. The maximum Gasteiger partial charge on any atom is 0.153 e. The maximum absolute atomic E-state index is 12.0. The number of hydrogen-bond donors (Lipinski definition) is 0. The van der Waals surface area contributed by atoms with Gasteiger partial charge in [-0.2, -0.15) is 0 Å². The van der Waals surface area contributed by atoms with Crippen molar-refractivity contribution in [3.8, 4) is 0 Å². The fourth-order valence-electron chi connectivity index (χ4n) is 3.17. The molecule has 1 aliphatic carbocycles. The fraction of sp³-hybridized carbons (Fsp3) is 0.571. The summed E-state index contributed by atoms with van der Waals surface area (Å²) in [5.41, 5.74) is 1.32. The lowest BCUT2D eigenvalue weighted by atomic mass is 10.0. The van der Waals surface area contributed by atoms with Crippen LogP contribution in [0.3, 0.4) is 0 Å². The molecule has 1 aromatic carbocycles. The molecule has 3 rings (SSSR count). The smallest absolute Gasteiger partial charge is 0.153 e. The Hall–Kier alpha value is -0.830. The van der Waals surface area contributed by atoms with Gasteiger partial charge in [-0.15, -0.1) is 0 Å². The molecular formula is C14H18O2S. The first-order chi connectivity index (χ1) is 8.18. The van der Waals surface area contributed by atoms with Crippen LogP contribution in [0.25, 0.3) is 0 Å². The van der Waals surface area contributed by atoms with E-state index in [1.807, 2.05) is 18.2 Å². The van der Waals surface area contributed by atoms with Gasteiger partial charge in [-0.3, -0.25) is 0 Å². The molecule has 0 N–H and O–H groups in total. The minimum absolute atomic E-state index is 0.0542. The monoisotopic (exact) mass is 250 g/mol. The highest BCUT2D eigenvalue weighted by Crippen LogP contribution is 2.53. The Labute approximate surface area is 103 Å². The van der Waals surface area contributed by atoms with Crippen LogP contribution in [0.2, 0.25) is 0 Å². The third-order valence-corrected chi connectivity index (χ3v) is 6.54. The van der Waals surface area contributed by atoms with E-state index in [0.717, 1.165) is 25.7 Å². The summed E-state index contributed by atoms with van der Waals surface area (Å²) in [4.78, 5) is 0. The van der Waals surface area contributed by atoms with Crippen molar-refractivity contribution in [2.45, 2.75) is 36.9 Å². The fourth-order valence-corrected chi connectivity index (χ4v) is 5.44. The molecule has 3 atom stereocenters. The SMILES string of the molecule is O=S1(=O)CCCC[C@H]1[C@@H]1CC1c1ccccc1. The van der Waals surface area contributed by atoms with Crippen molar-refractivity contribution < 1.29 is 8.42 Å². The van der Waals surface area contributed by atoms with Gasteiger partial charge in [-0.1, -0.05) is 36.8 Å². The summed E-state index contributed by atoms with van der Waals surface area (Å²) in [5.74, 6) is 1.30. The van der Waals surface area contributed by atoms with Crippen molar-refractivity contribution in [3.63, 3.8) is 0 Å². The lowest BCUT2D eigenvalue weighted by Gasteiger charge is -2.22. The standard InChI is InChI=1S/C14H18O2S/c15-17(16)9-5-4-8-14(17)13-10-12(13)11-6-2-1-3-7-11/h1-3,6-7,12-14H,4-5,8-10H2/t12?,13-,14+/m1/s1. The van der Waals surface area contributed by atoms with E-state index < -0.39 is 9.84 Å². The van der Waals surface area contributed by atoms with Gasteiger partial charge in [-0.05, 0) is 36.7 Å². The van der Waals surface area contributed by atoms with Gasteiger partial charge < -0.3 is 0 Å². The number of benzene rings is 1. The van der Waals surface area contributed by atoms with E-state index in [4.69, 9.17) is 0 Å². The highest BCUT2D eigenvalue weighted by Gasteiger charge is 2.49. The van der Waals surface area contributed by atoms with Crippen molar-refractivity contribution in [2.24, 2.45) is 5.92 Å². The normalized spacial score (nSPS) is 35.4.